The van der Waals surface area contributed by atoms with E-state index in [9.17, 15) is 0 Å². The number of benzene rings is 7. The lowest BCUT2D eigenvalue weighted by Gasteiger charge is -2.33. The van der Waals surface area contributed by atoms with E-state index >= 15 is 0 Å². The first-order valence-electron chi connectivity index (χ1n) is 16.0. The fourth-order valence-corrected chi connectivity index (χ4v) is 7.44. The average molecular weight is 606 g/mol. The van der Waals surface area contributed by atoms with E-state index in [4.69, 9.17) is 13.9 Å². The molecule has 5 heteroatoms. The van der Waals surface area contributed by atoms with Crippen LogP contribution in [0.2, 0.25) is 0 Å². The molecule has 0 spiro atoms. The van der Waals surface area contributed by atoms with Crippen LogP contribution in [0.4, 0.5) is 17.1 Å². The Labute approximate surface area is 272 Å². The minimum Gasteiger partial charge on any atom is -0.458 e. The molecule has 7 aromatic carbocycles. The van der Waals surface area contributed by atoms with Crippen LogP contribution in [0.15, 0.2) is 138 Å². The fraction of sp³-hybridized carbons (Fsp3) is 0.0476. The minimum absolute atomic E-state index is 0.0495. The van der Waals surface area contributed by atoms with Crippen LogP contribution in [-0.4, -0.2) is 6.71 Å². The summed E-state index contributed by atoms with van der Waals surface area (Å²) < 4.78 is 19.9. The number of anilines is 3. The van der Waals surface area contributed by atoms with Crippen molar-refractivity contribution in [1.29, 1.82) is 0 Å². The van der Waals surface area contributed by atoms with Crippen LogP contribution in [0.5, 0.6) is 23.0 Å². The Kier molecular flexibility index (Phi) is 5.47. The average Bonchev–Trinajstić information content (AvgIpc) is 3.45. The zero-order chi connectivity index (χ0) is 31.2. The van der Waals surface area contributed by atoms with Crippen molar-refractivity contribution in [1.82, 2.24) is 0 Å². The van der Waals surface area contributed by atoms with Gasteiger partial charge >= 0.3 is 0 Å². The molecule has 2 aliphatic rings. The number of ether oxygens (including phenoxy) is 2. The lowest BCUT2D eigenvalue weighted by molar-refractivity contribution is 0.465. The van der Waals surface area contributed by atoms with Gasteiger partial charge in [-0.3, -0.25) is 0 Å². The summed E-state index contributed by atoms with van der Waals surface area (Å²) in [6.45, 7) is 4.18. The molecular weight excluding hydrogens is 577 g/mol. The van der Waals surface area contributed by atoms with Gasteiger partial charge in [0.2, 0.25) is 0 Å². The molecule has 3 heterocycles. The second-order valence-electron chi connectivity index (χ2n) is 12.7. The molecule has 8 aromatic rings. The van der Waals surface area contributed by atoms with Crippen molar-refractivity contribution in [3.05, 3.63) is 145 Å². The van der Waals surface area contributed by atoms with Crippen molar-refractivity contribution in [2.75, 3.05) is 4.90 Å². The first-order valence-corrected chi connectivity index (χ1v) is 16.0. The van der Waals surface area contributed by atoms with Crippen LogP contribution < -0.4 is 30.8 Å². The summed E-state index contributed by atoms with van der Waals surface area (Å²) in [6.07, 6.45) is 0. The van der Waals surface area contributed by atoms with Gasteiger partial charge in [0.25, 0.3) is 6.71 Å². The third kappa shape index (κ3) is 3.96. The summed E-state index contributed by atoms with van der Waals surface area (Å²) in [5.41, 5.74) is 10.7. The number of aryl methyl sites for hydroxylation is 2. The molecule has 4 nitrogen and oxygen atoms in total. The summed E-state index contributed by atoms with van der Waals surface area (Å²) >= 11 is 0. The number of fused-ring (bicyclic) bond motifs is 9. The topological polar surface area (TPSA) is 34.8 Å². The van der Waals surface area contributed by atoms with E-state index in [1.54, 1.807) is 0 Å². The van der Waals surface area contributed by atoms with Crippen LogP contribution >= 0.6 is 0 Å². The Hall–Kier alpha value is -5.94. The van der Waals surface area contributed by atoms with Gasteiger partial charge in [-0.05, 0) is 102 Å². The largest absolute Gasteiger partial charge is 0.458 e. The smallest absolute Gasteiger partial charge is 0.261 e. The molecule has 0 N–H and O–H groups in total. The number of hydrogen-bond donors (Lipinski definition) is 0. The summed E-state index contributed by atoms with van der Waals surface area (Å²) in [5, 5.41) is 4.46. The van der Waals surface area contributed by atoms with Gasteiger partial charge in [0.1, 0.15) is 34.2 Å². The van der Waals surface area contributed by atoms with Crippen LogP contribution in [-0.2, 0) is 0 Å². The van der Waals surface area contributed by atoms with Gasteiger partial charge in [0.05, 0.1) is 0 Å². The molecule has 0 saturated carbocycles. The van der Waals surface area contributed by atoms with E-state index < -0.39 is 0 Å². The van der Waals surface area contributed by atoms with Crippen molar-refractivity contribution in [3.8, 4) is 23.0 Å². The lowest BCUT2D eigenvalue weighted by atomic mass is 9.34. The van der Waals surface area contributed by atoms with Gasteiger partial charge in [0, 0.05) is 39.4 Å². The number of rotatable bonds is 3. The maximum atomic E-state index is 6.71. The summed E-state index contributed by atoms with van der Waals surface area (Å²) in [7, 11) is 0. The van der Waals surface area contributed by atoms with E-state index in [-0.39, 0.29) is 6.71 Å². The highest BCUT2D eigenvalue weighted by Gasteiger charge is 2.41. The molecule has 222 valence electrons. The molecule has 10 rings (SSSR count). The zero-order valence-electron chi connectivity index (χ0n) is 26.0. The summed E-state index contributed by atoms with van der Waals surface area (Å²) in [5.74, 6) is 3.40. The zero-order valence-corrected chi connectivity index (χ0v) is 26.0. The maximum absolute atomic E-state index is 6.71. The van der Waals surface area contributed by atoms with Gasteiger partial charge in [-0.15, -0.1) is 0 Å². The normalized spacial score (nSPS) is 12.8. The Morgan fingerprint density at radius 2 is 1.11 bits per heavy atom. The molecule has 0 atom stereocenters. The van der Waals surface area contributed by atoms with Crippen LogP contribution in [0.1, 0.15) is 11.1 Å². The van der Waals surface area contributed by atoms with Crippen molar-refractivity contribution < 1.29 is 13.9 Å². The highest BCUT2D eigenvalue weighted by Crippen LogP contribution is 2.41. The number of hydrogen-bond acceptors (Lipinski definition) is 4. The summed E-state index contributed by atoms with van der Waals surface area (Å²) in [6, 6.07) is 47.0. The predicted octanol–water partition coefficient (Wildman–Crippen LogP) is 9.55. The van der Waals surface area contributed by atoms with Gasteiger partial charge in [-0.2, -0.15) is 0 Å². The molecule has 0 unspecified atom stereocenters. The third-order valence-electron chi connectivity index (χ3n) is 9.71. The Bertz CT molecular complexity index is 2510. The first kappa shape index (κ1) is 26.3. The number of nitrogens with zero attached hydrogens (tertiary/aromatic N) is 1. The van der Waals surface area contributed by atoms with E-state index in [0.29, 0.717) is 0 Å². The quantitative estimate of drug-likeness (QED) is 0.188. The van der Waals surface area contributed by atoms with Crippen LogP contribution in [0.25, 0.3) is 32.7 Å². The molecule has 47 heavy (non-hydrogen) atoms. The monoisotopic (exact) mass is 605 g/mol. The first-order chi connectivity index (χ1) is 23.1. The Balaban J connectivity index is 1.17. The lowest BCUT2D eigenvalue weighted by Crippen LogP contribution is -2.57. The van der Waals surface area contributed by atoms with Crippen molar-refractivity contribution in [3.63, 3.8) is 0 Å². The van der Waals surface area contributed by atoms with Gasteiger partial charge < -0.3 is 18.8 Å². The van der Waals surface area contributed by atoms with Crippen molar-refractivity contribution in [2.24, 2.45) is 0 Å². The van der Waals surface area contributed by atoms with Gasteiger partial charge in [-0.25, -0.2) is 0 Å². The molecule has 1 aromatic heterocycles. The minimum atomic E-state index is -0.0495. The molecule has 0 amide bonds. The van der Waals surface area contributed by atoms with Gasteiger partial charge in [-0.1, -0.05) is 71.8 Å². The standard InChI is InChI=1S/C42H28BNO3/c1-25-10-15-28(16-11-25)44(29-17-12-26(2)13-18-29)30-19-20-32-33-23-40-34(24-39(33)47-38(32)22-30)43-41-31-7-4-3-6-27(31)14-21-37(41)45-35-8-5-9-36(46-40)42(35)43/h3-24H,1-2H3. The molecule has 0 radical (unpaired) electrons. The second kappa shape index (κ2) is 9.78. The van der Waals surface area contributed by atoms with Crippen molar-refractivity contribution in [2.45, 2.75) is 13.8 Å². The van der Waals surface area contributed by atoms with E-state index in [1.165, 1.54) is 21.9 Å². The van der Waals surface area contributed by atoms with E-state index in [1.807, 2.05) is 18.2 Å². The van der Waals surface area contributed by atoms with Gasteiger partial charge in [0.15, 0.2) is 0 Å². The summed E-state index contributed by atoms with van der Waals surface area (Å²) in [4.78, 5) is 2.28. The molecule has 0 saturated heterocycles. The van der Waals surface area contributed by atoms with E-state index in [2.05, 4.69) is 134 Å². The predicted molar refractivity (Wildman–Crippen MR) is 193 cm³/mol. The molecule has 2 aliphatic heterocycles. The SMILES string of the molecule is Cc1ccc(N(c2ccc(C)cc2)c2ccc3c(c2)oc2cc4c(cc23)Oc2cccc3c2B4c2c(ccc4ccccc24)O3)cc1. The maximum Gasteiger partial charge on any atom is 0.261 e. The molecule has 0 bridgehead atoms. The molecule has 0 fully saturated rings. The third-order valence-corrected chi connectivity index (χ3v) is 9.71. The fourth-order valence-electron chi connectivity index (χ4n) is 7.44. The number of furan rings is 1. The van der Waals surface area contributed by atoms with Crippen molar-refractivity contribution >= 4 is 72.9 Å². The Morgan fingerprint density at radius 1 is 0.468 bits per heavy atom. The second-order valence-corrected chi connectivity index (χ2v) is 12.7. The highest BCUT2D eigenvalue weighted by atomic mass is 16.5. The highest BCUT2D eigenvalue weighted by molar-refractivity contribution is 6.99. The molecular formula is C42H28BNO3. The Morgan fingerprint density at radius 3 is 1.85 bits per heavy atom. The van der Waals surface area contributed by atoms with E-state index in [0.717, 1.165) is 78.4 Å². The molecule has 0 aliphatic carbocycles. The van der Waals surface area contributed by atoms with Crippen LogP contribution in [0.3, 0.4) is 0 Å². The van der Waals surface area contributed by atoms with Crippen LogP contribution in [0, 0.1) is 13.8 Å².